The van der Waals surface area contributed by atoms with Crippen LogP contribution in [0.5, 0.6) is 0 Å². The van der Waals surface area contributed by atoms with E-state index in [1.54, 1.807) is 0 Å². The highest BCUT2D eigenvalue weighted by atomic mass is 35.5. The number of ether oxygens (including phenoxy) is 1. The van der Waals surface area contributed by atoms with Gasteiger partial charge >= 0.3 is 5.97 Å². The molecule has 2 aromatic rings. The average Bonchev–Trinajstić information content (AvgIpc) is 3.06. The van der Waals surface area contributed by atoms with Crippen LogP contribution in [0, 0.1) is 5.82 Å². The van der Waals surface area contributed by atoms with E-state index in [9.17, 15) is 22.4 Å². The Bertz CT molecular complexity index is 1020. The number of hydrogen-bond acceptors (Lipinski definition) is 5. The molecular weight excluding hydrogens is 409 g/mol. The zero-order valence-corrected chi connectivity index (χ0v) is 16.5. The predicted molar refractivity (Wildman–Crippen MR) is 102 cm³/mol. The van der Waals surface area contributed by atoms with Crippen LogP contribution in [0.2, 0.25) is 5.02 Å². The van der Waals surface area contributed by atoms with Gasteiger partial charge in [0.2, 0.25) is 0 Å². The maximum absolute atomic E-state index is 13.1. The van der Waals surface area contributed by atoms with Gasteiger partial charge in [0.05, 0.1) is 21.2 Å². The van der Waals surface area contributed by atoms with Gasteiger partial charge in [-0.1, -0.05) is 11.6 Å². The Morgan fingerprint density at radius 3 is 2.50 bits per heavy atom. The highest BCUT2D eigenvalue weighted by Gasteiger charge is 2.30. The molecule has 1 atom stereocenters. The van der Waals surface area contributed by atoms with E-state index in [2.05, 4.69) is 0 Å². The minimum Gasteiger partial charge on any atom is -0.451 e. The van der Waals surface area contributed by atoms with E-state index in [1.807, 2.05) is 0 Å². The maximum atomic E-state index is 13.1. The largest absolute Gasteiger partial charge is 0.451 e. The molecule has 0 aromatic heterocycles. The Morgan fingerprint density at radius 2 is 1.89 bits per heavy atom. The van der Waals surface area contributed by atoms with Gasteiger partial charge in [-0.3, -0.25) is 9.10 Å². The van der Waals surface area contributed by atoms with Crippen molar-refractivity contribution in [3.63, 3.8) is 0 Å². The van der Waals surface area contributed by atoms with E-state index in [1.165, 1.54) is 31.3 Å². The topological polar surface area (TPSA) is 80.8 Å². The summed E-state index contributed by atoms with van der Waals surface area (Å²) in [5.74, 6) is -1.51. The molecule has 0 saturated heterocycles. The number of esters is 1. The Balaban J connectivity index is 1.90. The van der Waals surface area contributed by atoms with Crippen molar-refractivity contribution in [3.05, 3.63) is 58.9 Å². The molecule has 2 aromatic carbocycles. The molecule has 0 amide bonds. The van der Waals surface area contributed by atoms with Gasteiger partial charge in [0.25, 0.3) is 10.0 Å². The van der Waals surface area contributed by atoms with Crippen LogP contribution in [-0.4, -0.2) is 33.3 Å². The third-order valence-corrected chi connectivity index (χ3v) is 6.62. The van der Waals surface area contributed by atoms with Crippen LogP contribution in [0.3, 0.4) is 0 Å². The van der Waals surface area contributed by atoms with Crippen molar-refractivity contribution in [1.82, 2.24) is 0 Å². The third-order valence-electron chi connectivity index (χ3n) is 4.50. The second kappa shape index (κ2) is 7.89. The fourth-order valence-electron chi connectivity index (χ4n) is 2.87. The van der Waals surface area contributed by atoms with E-state index < -0.39 is 27.9 Å². The van der Waals surface area contributed by atoms with Gasteiger partial charge in [-0.2, -0.15) is 0 Å². The molecule has 1 fully saturated rings. The van der Waals surface area contributed by atoms with Crippen molar-refractivity contribution in [1.29, 1.82) is 0 Å². The lowest BCUT2D eigenvalue weighted by Gasteiger charge is -2.20. The molecule has 148 valence electrons. The Labute approximate surface area is 166 Å². The summed E-state index contributed by atoms with van der Waals surface area (Å²) in [4.78, 5) is 23.9. The number of benzene rings is 2. The smallest absolute Gasteiger partial charge is 0.340 e. The minimum absolute atomic E-state index is 0.0128. The summed E-state index contributed by atoms with van der Waals surface area (Å²) in [5, 5.41) is 0.0128. The predicted octanol–water partition coefficient (Wildman–Crippen LogP) is 3.58. The number of hydrogen-bond donors (Lipinski definition) is 0. The summed E-state index contributed by atoms with van der Waals surface area (Å²) < 4.78 is 45.0. The Hall–Kier alpha value is -2.45. The molecule has 0 N–H and O–H groups in total. The summed E-state index contributed by atoms with van der Waals surface area (Å²) in [6.07, 6.45) is 0.600. The van der Waals surface area contributed by atoms with Gasteiger partial charge in [0.1, 0.15) is 5.82 Å². The van der Waals surface area contributed by atoms with Crippen LogP contribution in [-0.2, 0) is 19.6 Å². The monoisotopic (exact) mass is 425 g/mol. The van der Waals surface area contributed by atoms with Crippen molar-refractivity contribution < 1.29 is 27.1 Å². The highest BCUT2D eigenvalue weighted by molar-refractivity contribution is 7.92. The third kappa shape index (κ3) is 4.02. The number of ketones is 1. The van der Waals surface area contributed by atoms with Crippen molar-refractivity contribution in [2.45, 2.75) is 30.3 Å². The second-order valence-electron chi connectivity index (χ2n) is 6.34. The van der Waals surface area contributed by atoms with E-state index in [0.717, 1.165) is 22.5 Å². The normalized spacial score (nSPS) is 16.8. The van der Waals surface area contributed by atoms with Crippen LogP contribution in [0.15, 0.2) is 47.4 Å². The van der Waals surface area contributed by atoms with Gasteiger partial charge in [0.15, 0.2) is 11.9 Å². The number of nitrogens with zero attached hydrogens (tertiary/aromatic N) is 1. The number of sulfonamides is 1. The SMILES string of the molecule is CN(c1ccc(F)cc1)S(=O)(=O)c1ccc(Cl)c(C(=O)O[C@@H]2CCCC2=O)c1. The zero-order chi connectivity index (χ0) is 20.5. The molecule has 28 heavy (non-hydrogen) atoms. The maximum Gasteiger partial charge on any atom is 0.340 e. The number of halogens is 2. The first-order valence-corrected chi connectivity index (χ1v) is 10.3. The van der Waals surface area contributed by atoms with E-state index >= 15 is 0 Å². The van der Waals surface area contributed by atoms with Gasteiger partial charge < -0.3 is 4.74 Å². The van der Waals surface area contributed by atoms with E-state index in [4.69, 9.17) is 16.3 Å². The number of Topliss-reactive ketones (excluding diaryl/α,β-unsaturated/α-hetero) is 1. The van der Waals surface area contributed by atoms with Crippen molar-refractivity contribution >= 4 is 39.1 Å². The average molecular weight is 426 g/mol. The van der Waals surface area contributed by atoms with E-state index in [0.29, 0.717) is 19.3 Å². The second-order valence-corrected chi connectivity index (χ2v) is 8.72. The Morgan fingerprint density at radius 1 is 1.21 bits per heavy atom. The molecule has 1 aliphatic carbocycles. The van der Waals surface area contributed by atoms with Crippen LogP contribution < -0.4 is 4.31 Å². The lowest BCUT2D eigenvalue weighted by atomic mass is 10.2. The van der Waals surface area contributed by atoms with Crippen LogP contribution in [0.25, 0.3) is 0 Å². The van der Waals surface area contributed by atoms with Gasteiger partial charge in [0, 0.05) is 13.5 Å². The van der Waals surface area contributed by atoms with Gasteiger partial charge in [-0.15, -0.1) is 0 Å². The van der Waals surface area contributed by atoms with Crippen LogP contribution in [0.1, 0.15) is 29.6 Å². The summed E-state index contributed by atoms with van der Waals surface area (Å²) in [5.41, 5.74) is 0.104. The molecule has 1 aliphatic rings. The molecule has 0 bridgehead atoms. The molecule has 0 spiro atoms. The number of carbonyl (C=O) groups excluding carboxylic acids is 2. The minimum atomic E-state index is -4.04. The summed E-state index contributed by atoms with van der Waals surface area (Å²) in [6, 6.07) is 8.58. The summed E-state index contributed by atoms with van der Waals surface area (Å²) >= 11 is 6.04. The van der Waals surface area contributed by atoms with Gasteiger partial charge in [-0.25, -0.2) is 17.6 Å². The fourth-order valence-corrected chi connectivity index (χ4v) is 4.29. The first-order chi connectivity index (χ1) is 13.2. The fraction of sp³-hybridized carbons (Fsp3) is 0.263. The molecule has 0 heterocycles. The molecule has 6 nitrogen and oxygen atoms in total. The molecule has 0 unspecified atom stereocenters. The highest BCUT2D eigenvalue weighted by Crippen LogP contribution is 2.27. The first kappa shape index (κ1) is 20.3. The van der Waals surface area contributed by atoms with Crippen molar-refractivity contribution in [2.75, 3.05) is 11.4 Å². The standard InChI is InChI=1S/C19H17ClFNO5S/c1-22(13-7-5-12(21)6-8-13)28(25,26)14-9-10-16(20)15(11-14)19(24)27-18-4-2-3-17(18)23/h5-11,18H,2-4H2,1H3/t18-/m1/s1. The lowest BCUT2D eigenvalue weighted by Crippen LogP contribution is -2.27. The quantitative estimate of drug-likeness (QED) is 0.684. The van der Waals surface area contributed by atoms with Crippen molar-refractivity contribution in [2.24, 2.45) is 0 Å². The Kier molecular flexibility index (Phi) is 5.71. The zero-order valence-electron chi connectivity index (χ0n) is 14.9. The van der Waals surface area contributed by atoms with Crippen LogP contribution in [0.4, 0.5) is 10.1 Å². The first-order valence-electron chi connectivity index (χ1n) is 8.48. The molecule has 1 saturated carbocycles. The molecule has 0 aliphatic heterocycles. The van der Waals surface area contributed by atoms with Gasteiger partial charge in [-0.05, 0) is 55.3 Å². The van der Waals surface area contributed by atoms with Crippen molar-refractivity contribution in [3.8, 4) is 0 Å². The van der Waals surface area contributed by atoms with E-state index in [-0.39, 0.29) is 27.0 Å². The molecule has 9 heteroatoms. The number of anilines is 1. The molecule has 0 radical (unpaired) electrons. The summed E-state index contributed by atoms with van der Waals surface area (Å²) in [6.45, 7) is 0. The molecular formula is C19H17ClFNO5S. The van der Waals surface area contributed by atoms with Crippen LogP contribution >= 0.6 is 11.6 Å². The lowest BCUT2D eigenvalue weighted by molar-refractivity contribution is -0.124. The number of rotatable bonds is 5. The number of carbonyl (C=O) groups is 2. The summed E-state index contributed by atoms with van der Waals surface area (Å²) in [7, 11) is -2.73. The molecule has 3 rings (SSSR count).